The molecule has 6 nitrogen and oxygen atoms in total. The van der Waals surface area contributed by atoms with Gasteiger partial charge in [0.1, 0.15) is 11.0 Å². The molecule has 2 amide bonds. The largest absolute Gasteiger partial charge is 0.344 e. The van der Waals surface area contributed by atoms with Gasteiger partial charge >= 0.3 is 0 Å². The topological polar surface area (TPSA) is 84.0 Å². The van der Waals surface area contributed by atoms with Crippen LogP contribution < -0.4 is 10.6 Å². The first-order valence-electron chi connectivity index (χ1n) is 10.0. The summed E-state index contributed by atoms with van der Waals surface area (Å²) in [6.45, 7) is 5.97. The number of carbonyl (C=O) groups is 2. The van der Waals surface area contributed by atoms with E-state index in [0.717, 1.165) is 22.6 Å². The molecule has 0 fully saturated rings. The lowest BCUT2D eigenvalue weighted by atomic mass is 9.98. The zero-order valence-corrected chi connectivity index (χ0v) is 18.2. The van der Waals surface area contributed by atoms with Gasteiger partial charge in [-0.05, 0) is 18.4 Å². The van der Waals surface area contributed by atoms with Crippen LogP contribution in [0.15, 0.2) is 54.6 Å². The summed E-state index contributed by atoms with van der Waals surface area (Å²) >= 11 is 1.31. The number of nitrogens with zero attached hydrogens (tertiary/aromatic N) is 2. The number of amides is 2. The Kier molecular flexibility index (Phi) is 7.30. The molecule has 1 heterocycles. The van der Waals surface area contributed by atoms with E-state index in [0.29, 0.717) is 5.13 Å². The highest BCUT2D eigenvalue weighted by atomic mass is 32.1. The average molecular weight is 423 g/mol. The quantitative estimate of drug-likeness (QED) is 0.569. The van der Waals surface area contributed by atoms with Crippen molar-refractivity contribution in [3.63, 3.8) is 0 Å². The van der Waals surface area contributed by atoms with Crippen molar-refractivity contribution in [3.05, 3.63) is 65.7 Å². The van der Waals surface area contributed by atoms with Gasteiger partial charge in [-0.3, -0.25) is 14.9 Å². The van der Waals surface area contributed by atoms with Crippen LogP contribution >= 0.6 is 11.3 Å². The van der Waals surface area contributed by atoms with Gasteiger partial charge in [0.2, 0.25) is 16.9 Å². The van der Waals surface area contributed by atoms with Crippen LogP contribution in [-0.2, 0) is 16.0 Å². The monoisotopic (exact) mass is 422 g/mol. The predicted molar refractivity (Wildman–Crippen MR) is 120 cm³/mol. The van der Waals surface area contributed by atoms with Crippen molar-refractivity contribution in [2.75, 3.05) is 5.32 Å². The lowest BCUT2D eigenvalue weighted by molar-refractivity contribution is -0.127. The lowest BCUT2D eigenvalue weighted by Crippen LogP contribution is -2.48. The van der Waals surface area contributed by atoms with Gasteiger partial charge in [-0.25, -0.2) is 0 Å². The Morgan fingerprint density at radius 2 is 1.73 bits per heavy atom. The Bertz CT molecular complexity index is 986. The number of anilines is 1. The van der Waals surface area contributed by atoms with Crippen LogP contribution in [-0.4, -0.2) is 28.1 Å². The molecule has 0 saturated heterocycles. The molecule has 0 unspecified atom stereocenters. The van der Waals surface area contributed by atoms with Crippen molar-refractivity contribution in [1.29, 1.82) is 0 Å². The minimum atomic E-state index is -0.641. The third kappa shape index (κ3) is 5.73. The third-order valence-electron chi connectivity index (χ3n) is 4.97. The summed E-state index contributed by atoms with van der Waals surface area (Å²) < 4.78 is 0. The predicted octanol–water partition coefficient (Wildman–Crippen LogP) is 4.23. The molecule has 156 valence electrons. The molecule has 0 radical (unpaired) electrons. The lowest BCUT2D eigenvalue weighted by Gasteiger charge is -2.23. The molecular weight excluding hydrogens is 396 g/mol. The number of rotatable bonds is 8. The fourth-order valence-corrected chi connectivity index (χ4v) is 3.73. The second-order valence-corrected chi connectivity index (χ2v) is 8.34. The first-order valence-corrected chi connectivity index (χ1v) is 10.8. The van der Waals surface area contributed by atoms with Gasteiger partial charge in [0.15, 0.2) is 0 Å². The molecule has 0 saturated carbocycles. The molecule has 0 aliphatic rings. The van der Waals surface area contributed by atoms with Gasteiger partial charge < -0.3 is 5.32 Å². The van der Waals surface area contributed by atoms with Crippen LogP contribution in [0, 0.1) is 12.8 Å². The van der Waals surface area contributed by atoms with E-state index in [1.165, 1.54) is 16.9 Å². The molecule has 7 heteroatoms. The van der Waals surface area contributed by atoms with Gasteiger partial charge in [0.05, 0.1) is 6.42 Å². The van der Waals surface area contributed by atoms with Gasteiger partial charge in [0, 0.05) is 5.56 Å². The van der Waals surface area contributed by atoms with Crippen molar-refractivity contribution in [1.82, 2.24) is 15.5 Å². The molecule has 30 heavy (non-hydrogen) atoms. The molecule has 3 aromatic rings. The summed E-state index contributed by atoms with van der Waals surface area (Å²) in [7, 11) is 0. The number of benzene rings is 2. The van der Waals surface area contributed by atoms with E-state index in [1.54, 1.807) is 0 Å². The van der Waals surface area contributed by atoms with Gasteiger partial charge in [-0.2, -0.15) is 0 Å². The van der Waals surface area contributed by atoms with Crippen molar-refractivity contribution < 1.29 is 9.59 Å². The second kappa shape index (κ2) is 10.1. The minimum absolute atomic E-state index is 0.0192. The summed E-state index contributed by atoms with van der Waals surface area (Å²) in [5.74, 6) is -0.481. The zero-order valence-electron chi connectivity index (χ0n) is 17.4. The van der Waals surface area contributed by atoms with Crippen LogP contribution in [0.4, 0.5) is 5.13 Å². The Morgan fingerprint density at radius 3 is 2.40 bits per heavy atom. The smallest absolute Gasteiger partial charge is 0.249 e. The van der Waals surface area contributed by atoms with Crippen LogP contribution in [0.2, 0.25) is 0 Å². The molecule has 1 aromatic heterocycles. The van der Waals surface area contributed by atoms with Crippen molar-refractivity contribution in [2.24, 2.45) is 5.92 Å². The molecule has 2 N–H and O–H groups in total. The molecule has 3 rings (SSSR count). The normalized spacial score (nSPS) is 12.8. The number of hydrogen-bond acceptors (Lipinski definition) is 5. The maximum Gasteiger partial charge on any atom is 0.249 e. The Hall–Kier alpha value is -3.06. The Morgan fingerprint density at radius 1 is 1.03 bits per heavy atom. The van der Waals surface area contributed by atoms with Crippen LogP contribution in [0.1, 0.15) is 31.4 Å². The summed E-state index contributed by atoms with van der Waals surface area (Å²) in [5.41, 5.74) is 3.03. The second-order valence-electron chi connectivity index (χ2n) is 7.36. The standard InChI is InChI=1S/C23H26N4O2S/c1-4-16(3)20(24-19(28)14-17-8-6-5-7-9-17)21(29)25-23-27-26-22(30-23)18-12-10-15(2)11-13-18/h5-13,16,20H,4,14H2,1-3H3,(H,24,28)(H,25,27,29)/t16-,20+/m1/s1. The highest BCUT2D eigenvalue weighted by molar-refractivity contribution is 7.18. The van der Waals surface area contributed by atoms with Gasteiger partial charge in [-0.1, -0.05) is 91.8 Å². The number of hydrogen-bond donors (Lipinski definition) is 2. The van der Waals surface area contributed by atoms with Crippen molar-refractivity contribution >= 4 is 28.3 Å². The maximum absolute atomic E-state index is 12.9. The fourth-order valence-electron chi connectivity index (χ4n) is 2.98. The van der Waals surface area contributed by atoms with E-state index in [2.05, 4.69) is 20.8 Å². The number of nitrogens with one attached hydrogen (secondary N) is 2. The Labute approximate surface area is 180 Å². The molecule has 0 bridgehead atoms. The van der Waals surface area contributed by atoms with Crippen molar-refractivity contribution in [3.8, 4) is 10.6 Å². The van der Waals surface area contributed by atoms with E-state index >= 15 is 0 Å². The number of aryl methyl sites for hydroxylation is 1. The van der Waals surface area contributed by atoms with Gasteiger partial charge in [0.25, 0.3) is 0 Å². The third-order valence-corrected chi connectivity index (χ3v) is 5.86. The summed E-state index contributed by atoms with van der Waals surface area (Å²) in [6, 6.07) is 16.8. The molecule has 0 aliphatic heterocycles. The summed E-state index contributed by atoms with van der Waals surface area (Å²) in [6.07, 6.45) is 0.992. The fraction of sp³-hybridized carbons (Fsp3) is 0.304. The van der Waals surface area contributed by atoms with E-state index < -0.39 is 6.04 Å². The minimum Gasteiger partial charge on any atom is -0.344 e. The summed E-state index contributed by atoms with van der Waals surface area (Å²) in [5, 5.41) is 15.1. The number of aromatic nitrogens is 2. The van der Waals surface area contributed by atoms with Crippen molar-refractivity contribution in [2.45, 2.75) is 39.7 Å². The first kappa shape index (κ1) is 21.6. The van der Waals surface area contributed by atoms with Crippen LogP contribution in [0.5, 0.6) is 0 Å². The summed E-state index contributed by atoms with van der Waals surface area (Å²) in [4.78, 5) is 25.4. The van der Waals surface area contributed by atoms with Crippen LogP contribution in [0.3, 0.4) is 0 Å². The molecule has 0 aliphatic carbocycles. The number of carbonyl (C=O) groups excluding carboxylic acids is 2. The maximum atomic E-state index is 12.9. The zero-order chi connectivity index (χ0) is 21.5. The highest BCUT2D eigenvalue weighted by Gasteiger charge is 2.27. The van der Waals surface area contributed by atoms with E-state index in [4.69, 9.17) is 0 Å². The van der Waals surface area contributed by atoms with E-state index in [1.807, 2.05) is 75.4 Å². The SMILES string of the molecule is CC[C@@H](C)[C@H](NC(=O)Cc1ccccc1)C(=O)Nc1nnc(-c2ccc(C)cc2)s1. The molecular formula is C23H26N4O2S. The first-order chi connectivity index (χ1) is 14.5. The highest BCUT2D eigenvalue weighted by Crippen LogP contribution is 2.26. The van der Waals surface area contributed by atoms with Crippen LogP contribution in [0.25, 0.3) is 10.6 Å². The Balaban J connectivity index is 1.66. The molecule has 0 spiro atoms. The van der Waals surface area contributed by atoms with E-state index in [-0.39, 0.29) is 24.2 Å². The van der Waals surface area contributed by atoms with Gasteiger partial charge in [-0.15, -0.1) is 10.2 Å². The molecule has 2 aromatic carbocycles. The van der Waals surface area contributed by atoms with E-state index in [9.17, 15) is 9.59 Å². The molecule has 2 atom stereocenters. The average Bonchev–Trinajstić information content (AvgIpc) is 3.21.